The minimum absolute atomic E-state index is 0.0871. The molecule has 1 unspecified atom stereocenters. The quantitative estimate of drug-likeness (QED) is 0.193. The van der Waals surface area contributed by atoms with Gasteiger partial charge in [-0.15, -0.1) is 0 Å². The number of carbonyl (C=O) groups excluding carboxylic acids is 11. The highest BCUT2D eigenvalue weighted by atomic mass is 16.5. The van der Waals surface area contributed by atoms with Crippen LogP contribution in [-0.2, 0) is 57.5 Å². The highest BCUT2D eigenvalue weighted by molar-refractivity contribution is 5.99. The Hall–Kier alpha value is -5.87. The van der Waals surface area contributed by atoms with E-state index >= 15 is 19.2 Å². The molecule has 0 radical (unpaired) electrons. The maximum Gasteiger partial charge on any atom is 0.246 e. The third-order valence-electron chi connectivity index (χ3n) is 17.1. The largest absolute Gasteiger partial charge is 0.372 e. The molecule has 2 saturated heterocycles. The molecule has 2 aliphatic heterocycles. The van der Waals surface area contributed by atoms with Gasteiger partial charge in [0.2, 0.25) is 65.0 Å². The van der Waals surface area contributed by atoms with Crippen molar-refractivity contribution >= 4 is 65.0 Å². The summed E-state index contributed by atoms with van der Waals surface area (Å²) in [5.41, 5.74) is 0. The van der Waals surface area contributed by atoms with E-state index in [1.54, 1.807) is 34.6 Å². The number of amides is 11. The molecule has 0 bridgehead atoms. The molecular weight excluding hydrogens is 1100 g/mol. The van der Waals surface area contributed by atoms with Gasteiger partial charge in [0.25, 0.3) is 0 Å². The normalized spacial score (nSPS) is 29.4. The smallest absolute Gasteiger partial charge is 0.246 e. The average Bonchev–Trinajstić information content (AvgIpc) is 1.82. The molecule has 0 aromatic carbocycles. The SMILES string of the molecule is CCC1C[C@@H](C)[C@H]([C@H]2C(=O)N[C@@H](CC)C(=O)N(C)CC(=O)N(C)[C@@H](CC(C)C)C(=O)N[C@@H](C(C)C)C(=O)N(C)[C@@H](CCC(C)C)C(=O)N[C@@H](C)C(=O)N[C@H](C)C(=O)N(C)[C@@H](CC(C)C)C(=O)N(C)[C@@H](CC(C)C)C(=O)N(C)[C@@H](C(C)C)C(=O)N2C)O1. The van der Waals surface area contributed by atoms with Crippen LogP contribution in [0.2, 0.25) is 0 Å². The van der Waals surface area contributed by atoms with Gasteiger partial charge >= 0.3 is 0 Å². The molecule has 0 aromatic heterocycles. The molecule has 23 heteroatoms. The van der Waals surface area contributed by atoms with Gasteiger partial charge in [-0.25, -0.2) is 0 Å². The number of hydrogen-bond acceptors (Lipinski definition) is 12. The number of ether oxygens (including phenoxy) is 1. The first kappa shape index (κ1) is 76.2. The fourth-order valence-corrected chi connectivity index (χ4v) is 11.6. The summed E-state index contributed by atoms with van der Waals surface area (Å²) in [5, 5.41) is 11.2. The van der Waals surface area contributed by atoms with Crippen molar-refractivity contribution in [2.45, 2.75) is 242 Å². The van der Waals surface area contributed by atoms with E-state index in [9.17, 15) is 33.6 Å². The molecule has 492 valence electrons. The molecule has 86 heavy (non-hydrogen) atoms. The lowest BCUT2D eigenvalue weighted by molar-refractivity contribution is -0.158. The maximum atomic E-state index is 15.3. The number of nitrogens with zero attached hydrogens (tertiary/aromatic N) is 7. The predicted octanol–water partition coefficient (Wildman–Crippen LogP) is 3.90. The Bertz CT molecular complexity index is 2350. The van der Waals surface area contributed by atoms with E-state index in [1.165, 1.54) is 97.5 Å². The fourth-order valence-electron chi connectivity index (χ4n) is 11.6. The van der Waals surface area contributed by atoms with Crippen LogP contribution in [0.1, 0.15) is 169 Å². The van der Waals surface area contributed by atoms with Crippen LogP contribution in [-0.4, -0.2) is 228 Å². The number of likely N-dealkylation sites (N-methyl/N-ethyl adjacent to an activating group) is 7. The van der Waals surface area contributed by atoms with Crippen molar-refractivity contribution in [3.05, 3.63) is 0 Å². The molecule has 23 nitrogen and oxygen atoms in total. The molecule has 2 heterocycles. The first-order valence-corrected chi connectivity index (χ1v) is 31.5. The van der Waals surface area contributed by atoms with Crippen molar-refractivity contribution in [2.24, 2.45) is 41.4 Å². The summed E-state index contributed by atoms with van der Waals surface area (Å²) in [5.74, 6) is -8.35. The molecule has 0 spiro atoms. The highest BCUT2D eigenvalue weighted by Crippen LogP contribution is 2.33. The van der Waals surface area contributed by atoms with E-state index in [-0.39, 0.29) is 67.8 Å². The van der Waals surface area contributed by atoms with E-state index in [0.717, 1.165) is 0 Å². The second kappa shape index (κ2) is 34.0. The molecule has 11 amide bonds. The number of rotatable bonds is 14. The zero-order valence-corrected chi connectivity index (χ0v) is 56.9. The summed E-state index contributed by atoms with van der Waals surface area (Å²) in [6, 6.07) is -11.7. The fraction of sp³-hybridized carbons (Fsp3) is 0.825. The predicted molar refractivity (Wildman–Crippen MR) is 331 cm³/mol. The monoisotopic (exact) mass is 1220 g/mol. The Balaban J connectivity index is 2.96. The van der Waals surface area contributed by atoms with Crippen molar-refractivity contribution < 1.29 is 57.5 Å². The number of hydrogen-bond donors (Lipinski definition) is 4. The van der Waals surface area contributed by atoms with Gasteiger partial charge in [-0.05, 0) is 107 Å². The van der Waals surface area contributed by atoms with Gasteiger partial charge in [-0.1, -0.05) is 104 Å². The van der Waals surface area contributed by atoms with Crippen molar-refractivity contribution in [1.82, 2.24) is 55.6 Å². The zero-order chi connectivity index (χ0) is 66.3. The number of nitrogens with one attached hydrogen (secondary N) is 4. The van der Waals surface area contributed by atoms with Crippen molar-refractivity contribution in [1.29, 1.82) is 0 Å². The van der Waals surface area contributed by atoms with Gasteiger partial charge in [0.15, 0.2) is 0 Å². The van der Waals surface area contributed by atoms with Crippen LogP contribution in [0.5, 0.6) is 0 Å². The van der Waals surface area contributed by atoms with Gasteiger partial charge in [-0.3, -0.25) is 52.7 Å². The van der Waals surface area contributed by atoms with Crippen LogP contribution in [0.15, 0.2) is 0 Å². The van der Waals surface area contributed by atoms with E-state index < -0.39 is 150 Å². The lowest BCUT2D eigenvalue weighted by Gasteiger charge is -2.41. The summed E-state index contributed by atoms with van der Waals surface area (Å²) in [6.07, 6.45) is 1.49. The van der Waals surface area contributed by atoms with Gasteiger partial charge in [0, 0.05) is 49.3 Å². The molecule has 13 atom stereocenters. The van der Waals surface area contributed by atoms with Crippen LogP contribution in [0.4, 0.5) is 0 Å². The van der Waals surface area contributed by atoms with Gasteiger partial charge in [0.1, 0.15) is 60.4 Å². The topological polar surface area (TPSA) is 268 Å². The van der Waals surface area contributed by atoms with Crippen molar-refractivity contribution in [3.63, 3.8) is 0 Å². The number of carbonyl (C=O) groups is 11. The first-order chi connectivity index (χ1) is 39.8. The highest BCUT2D eigenvalue weighted by Gasteiger charge is 2.48. The third kappa shape index (κ3) is 20.3. The van der Waals surface area contributed by atoms with Crippen LogP contribution in [0.25, 0.3) is 0 Å². The summed E-state index contributed by atoms with van der Waals surface area (Å²) in [7, 11) is 10.2. The molecule has 2 fully saturated rings. The Kier molecular flexibility index (Phi) is 30.2. The Morgan fingerprint density at radius 3 is 1.40 bits per heavy atom. The van der Waals surface area contributed by atoms with Crippen molar-refractivity contribution in [3.8, 4) is 0 Å². The zero-order valence-electron chi connectivity index (χ0n) is 56.9. The summed E-state index contributed by atoms with van der Waals surface area (Å²) < 4.78 is 6.52. The van der Waals surface area contributed by atoms with Gasteiger partial charge in [0.05, 0.1) is 18.8 Å². The summed E-state index contributed by atoms with van der Waals surface area (Å²) in [6.45, 7) is 30.3. The van der Waals surface area contributed by atoms with Crippen LogP contribution in [0.3, 0.4) is 0 Å². The molecular formula is C63H113N11O12. The van der Waals surface area contributed by atoms with E-state index in [2.05, 4.69) is 21.3 Å². The van der Waals surface area contributed by atoms with Crippen LogP contribution < -0.4 is 21.3 Å². The third-order valence-corrected chi connectivity index (χ3v) is 17.1. The molecule has 0 aliphatic carbocycles. The van der Waals surface area contributed by atoms with E-state index in [0.29, 0.717) is 19.3 Å². The summed E-state index contributed by atoms with van der Waals surface area (Å²) in [4.78, 5) is 170. The van der Waals surface area contributed by atoms with Crippen LogP contribution >= 0.6 is 0 Å². The minimum atomic E-state index is -1.30. The van der Waals surface area contributed by atoms with Gasteiger partial charge < -0.3 is 60.3 Å². The Labute approximate surface area is 515 Å². The second-order valence-corrected chi connectivity index (χ2v) is 27.0. The van der Waals surface area contributed by atoms with E-state index in [4.69, 9.17) is 4.74 Å². The van der Waals surface area contributed by atoms with E-state index in [1.807, 2.05) is 69.2 Å². The minimum Gasteiger partial charge on any atom is -0.372 e. The Morgan fingerprint density at radius 1 is 0.453 bits per heavy atom. The molecule has 2 aliphatic rings. The molecule has 0 saturated carbocycles. The second-order valence-electron chi connectivity index (χ2n) is 27.0. The lowest BCUT2D eigenvalue weighted by Crippen LogP contribution is -2.63. The lowest BCUT2D eigenvalue weighted by atomic mass is 9.92. The summed E-state index contributed by atoms with van der Waals surface area (Å²) >= 11 is 0. The average molecular weight is 1220 g/mol. The molecule has 4 N–H and O–H groups in total. The molecule has 2 rings (SSSR count). The standard InChI is InChI=1S/C63H113N11O12/c1-25-43-32-40(15)53(86-43)52-57(79)66-44(26-2)59(81)68(18)33-49(75)69(19)46(29-35(5)6)56(78)67-50(38(11)12)62(84)70(20)45(28-27-34(3)4)55(77)64-41(16)54(76)65-42(17)58(80)71(21)47(30-36(7)8)60(82)72(22)48(31-37(9)10)61(83)73(23)51(39(13)14)63(85)74(52)24/h34-48,50-53H,25-33H2,1-24H3,(H,64,77)(H,65,76)(H,66,79)(H,67,78)/t40-,41+,42-,43?,44+,45+,46+,47+,48+,50+,51+,52+,53-/m1/s1. The van der Waals surface area contributed by atoms with Gasteiger partial charge in [-0.2, -0.15) is 0 Å². The maximum absolute atomic E-state index is 15.3. The molecule has 0 aromatic rings. The first-order valence-electron chi connectivity index (χ1n) is 31.5. The van der Waals surface area contributed by atoms with Crippen LogP contribution in [0, 0.1) is 41.4 Å². The van der Waals surface area contributed by atoms with Crippen molar-refractivity contribution in [2.75, 3.05) is 55.9 Å². The Morgan fingerprint density at radius 2 is 0.930 bits per heavy atom.